The van der Waals surface area contributed by atoms with Crippen LogP contribution in [0.4, 0.5) is 0 Å². The molecule has 5 rings (SSSR count). The van der Waals surface area contributed by atoms with Crippen LogP contribution in [0, 0.1) is 0 Å². The van der Waals surface area contributed by atoms with Crippen molar-refractivity contribution in [3.8, 4) is 17.0 Å². The third-order valence-electron chi connectivity index (χ3n) is 5.37. The quantitative estimate of drug-likeness (QED) is 0.438. The summed E-state index contributed by atoms with van der Waals surface area (Å²) in [5.74, 6) is 1.35. The number of hydrogen-bond acceptors (Lipinski definition) is 4. The van der Waals surface area contributed by atoms with Crippen molar-refractivity contribution in [2.45, 2.75) is 19.5 Å². The van der Waals surface area contributed by atoms with Crippen molar-refractivity contribution < 1.29 is 13.9 Å². The minimum absolute atomic E-state index is 0.120. The molecule has 0 fully saturated rings. The Bertz CT molecular complexity index is 1220. The molecular weight excluding hydrogens is 414 g/mol. The van der Waals surface area contributed by atoms with Gasteiger partial charge in [-0.25, -0.2) is 0 Å². The lowest BCUT2D eigenvalue weighted by molar-refractivity contribution is 0.0716. The predicted octanol–water partition coefficient (Wildman–Crippen LogP) is 5.47. The number of nitrogens with one attached hydrogen (secondary N) is 1. The fraction of sp³-hybridized carbons (Fsp3) is 0.167. The molecule has 31 heavy (non-hydrogen) atoms. The lowest BCUT2D eigenvalue weighted by atomic mass is 9.96. The minimum Gasteiger partial charge on any atom is -0.494 e. The molecule has 0 spiro atoms. The highest BCUT2D eigenvalue weighted by Gasteiger charge is 2.42. The maximum atomic E-state index is 13.4. The number of benzene rings is 2. The van der Waals surface area contributed by atoms with E-state index < -0.39 is 0 Å². The molecule has 7 heteroatoms. The summed E-state index contributed by atoms with van der Waals surface area (Å²) in [6.07, 6.45) is 1.61. The summed E-state index contributed by atoms with van der Waals surface area (Å²) in [5.41, 5.74) is 3.89. The third-order valence-corrected chi connectivity index (χ3v) is 5.62. The number of aromatic amines is 1. The normalized spacial score (nSPS) is 15.4. The molecule has 1 atom stereocenters. The molecule has 6 nitrogen and oxygen atoms in total. The van der Waals surface area contributed by atoms with Gasteiger partial charge in [-0.15, -0.1) is 0 Å². The van der Waals surface area contributed by atoms with Gasteiger partial charge in [0.05, 0.1) is 31.2 Å². The van der Waals surface area contributed by atoms with Crippen LogP contribution >= 0.6 is 11.6 Å². The van der Waals surface area contributed by atoms with Gasteiger partial charge in [0.25, 0.3) is 5.91 Å². The highest BCUT2D eigenvalue weighted by atomic mass is 35.5. The summed E-state index contributed by atoms with van der Waals surface area (Å²) in [5, 5.41) is 8.09. The molecule has 2 aromatic heterocycles. The number of H-pyrrole nitrogens is 1. The van der Waals surface area contributed by atoms with Crippen LogP contribution < -0.4 is 4.74 Å². The van der Waals surface area contributed by atoms with Gasteiger partial charge in [0, 0.05) is 16.1 Å². The minimum atomic E-state index is -0.336. The second-order valence-electron chi connectivity index (χ2n) is 7.29. The molecule has 1 N–H and O–H groups in total. The van der Waals surface area contributed by atoms with Crippen LogP contribution in [0.2, 0.25) is 5.02 Å². The van der Waals surface area contributed by atoms with E-state index in [0.29, 0.717) is 29.6 Å². The molecule has 2 aromatic carbocycles. The van der Waals surface area contributed by atoms with Gasteiger partial charge in [-0.05, 0) is 48.9 Å². The summed E-state index contributed by atoms with van der Waals surface area (Å²) in [6.45, 7) is 2.86. The van der Waals surface area contributed by atoms with E-state index in [0.717, 1.165) is 28.1 Å². The number of hydrogen-bond donors (Lipinski definition) is 1. The number of nitrogens with zero attached hydrogens (tertiary/aromatic N) is 2. The molecule has 0 bridgehead atoms. The molecule has 3 heterocycles. The van der Waals surface area contributed by atoms with Crippen molar-refractivity contribution in [2.24, 2.45) is 0 Å². The zero-order chi connectivity index (χ0) is 21.4. The van der Waals surface area contributed by atoms with E-state index in [1.165, 1.54) is 0 Å². The first-order chi connectivity index (χ1) is 15.2. The highest BCUT2D eigenvalue weighted by Crippen LogP contribution is 2.44. The SMILES string of the molecule is CCOc1cccc(C2c3c(-c4ccc(Cl)cc4)n[nH]c3C(=O)N2Cc2ccco2)c1. The molecular formula is C24H20ClN3O3. The molecule has 0 saturated heterocycles. The Morgan fingerprint density at radius 3 is 2.74 bits per heavy atom. The first-order valence-corrected chi connectivity index (χ1v) is 10.4. The van der Waals surface area contributed by atoms with Crippen molar-refractivity contribution in [3.63, 3.8) is 0 Å². The smallest absolute Gasteiger partial charge is 0.273 e. The summed E-state index contributed by atoms with van der Waals surface area (Å²) in [4.78, 5) is 15.2. The van der Waals surface area contributed by atoms with Crippen molar-refractivity contribution in [1.82, 2.24) is 15.1 Å². The zero-order valence-electron chi connectivity index (χ0n) is 16.8. The molecule has 1 aliphatic rings. The maximum Gasteiger partial charge on any atom is 0.273 e. The molecule has 1 unspecified atom stereocenters. The molecule has 1 amide bonds. The Morgan fingerprint density at radius 2 is 2.00 bits per heavy atom. The Labute approximate surface area is 184 Å². The number of ether oxygens (including phenoxy) is 1. The summed E-state index contributed by atoms with van der Waals surface area (Å²) >= 11 is 6.07. The number of rotatable bonds is 6. The van der Waals surface area contributed by atoms with Crippen LogP contribution in [0.5, 0.6) is 5.75 Å². The average molecular weight is 434 g/mol. The van der Waals surface area contributed by atoms with E-state index in [4.69, 9.17) is 20.8 Å². The van der Waals surface area contributed by atoms with E-state index in [-0.39, 0.29) is 11.9 Å². The molecule has 0 aliphatic carbocycles. The molecule has 0 saturated carbocycles. The van der Waals surface area contributed by atoms with Crippen molar-refractivity contribution >= 4 is 17.5 Å². The first-order valence-electron chi connectivity index (χ1n) is 10.1. The van der Waals surface area contributed by atoms with Crippen LogP contribution in [0.3, 0.4) is 0 Å². The highest BCUT2D eigenvalue weighted by molar-refractivity contribution is 6.30. The number of aromatic nitrogens is 2. The number of carbonyl (C=O) groups is 1. The van der Waals surface area contributed by atoms with Gasteiger partial charge in [-0.1, -0.05) is 35.9 Å². The summed E-state index contributed by atoms with van der Waals surface area (Å²) in [7, 11) is 0. The first kappa shape index (κ1) is 19.5. The predicted molar refractivity (Wildman–Crippen MR) is 117 cm³/mol. The maximum absolute atomic E-state index is 13.4. The van der Waals surface area contributed by atoms with Gasteiger partial charge in [-0.3, -0.25) is 9.89 Å². The van der Waals surface area contributed by atoms with Crippen LogP contribution in [0.25, 0.3) is 11.3 Å². The monoisotopic (exact) mass is 433 g/mol. The fourth-order valence-electron chi connectivity index (χ4n) is 4.05. The summed E-state index contributed by atoms with van der Waals surface area (Å²) < 4.78 is 11.2. The van der Waals surface area contributed by atoms with Gasteiger partial charge in [0.15, 0.2) is 0 Å². The summed E-state index contributed by atoms with van der Waals surface area (Å²) in [6, 6.07) is 18.6. The third kappa shape index (κ3) is 3.49. The van der Waals surface area contributed by atoms with Gasteiger partial charge >= 0.3 is 0 Å². The van der Waals surface area contributed by atoms with E-state index in [2.05, 4.69) is 10.2 Å². The van der Waals surface area contributed by atoms with Crippen molar-refractivity contribution in [2.75, 3.05) is 6.61 Å². The Kier molecular flexibility index (Phi) is 5.00. The van der Waals surface area contributed by atoms with Gasteiger partial charge in [0.2, 0.25) is 0 Å². The standard InChI is InChI=1S/C24H20ClN3O3/c1-2-30-18-6-3-5-16(13-18)23-20-21(15-8-10-17(25)11-9-15)26-27-22(20)24(29)28(23)14-19-7-4-12-31-19/h3-13,23H,2,14H2,1H3,(H,26,27). The number of amides is 1. The van der Waals surface area contributed by atoms with E-state index >= 15 is 0 Å². The lowest BCUT2D eigenvalue weighted by Crippen LogP contribution is -2.29. The van der Waals surface area contributed by atoms with E-state index in [1.807, 2.05) is 67.6 Å². The topological polar surface area (TPSA) is 71.4 Å². The number of carbonyl (C=O) groups excluding carboxylic acids is 1. The van der Waals surface area contributed by atoms with Crippen molar-refractivity contribution in [1.29, 1.82) is 0 Å². The van der Waals surface area contributed by atoms with Crippen LogP contribution in [-0.4, -0.2) is 27.6 Å². The Hall–Kier alpha value is -3.51. The fourth-order valence-corrected chi connectivity index (χ4v) is 4.17. The Balaban J connectivity index is 1.65. The van der Waals surface area contributed by atoms with Crippen LogP contribution in [0.15, 0.2) is 71.3 Å². The zero-order valence-corrected chi connectivity index (χ0v) is 17.6. The molecule has 0 radical (unpaired) electrons. The van der Waals surface area contributed by atoms with Crippen LogP contribution in [0.1, 0.15) is 40.3 Å². The van der Waals surface area contributed by atoms with Crippen LogP contribution in [-0.2, 0) is 6.54 Å². The van der Waals surface area contributed by atoms with Crippen molar-refractivity contribution in [3.05, 3.63) is 94.5 Å². The Morgan fingerprint density at radius 1 is 1.16 bits per heavy atom. The molecule has 156 valence electrons. The van der Waals surface area contributed by atoms with Gasteiger partial charge in [0.1, 0.15) is 17.2 Å². The molecule has 4 aromatic rings. The number of furan rings is 1. The van der Waals surface area contributed by atoms with E-state index in [1.54, 1.807) is 11.2 Å². The van der Waals surface area contributed by atoms with E-state index in [9.17, 15) is 4.79 Å². The second-order valence-corrected chi connectivity index (χ2v) is 7.72. The number of halogens is 1. The number of fused-ring (bicyclic) bond motifs is 1. The lowest BCUT2D eigenvalue weighted by Gasteiger charge is -2.26. The second kappa shape index (κ2) is 7.96. The van der Waals surface area contributed by atoms with Gasteiger partial charge in [-0.2, -0.15) is 5.10 Å². The van der Waals surface area contributed by atoms with Gasteiger partial charge < -0.3 is 14.1 Å². The average Bonchev–Trinajstić information content (AvgIpc) is 3.49. The largest absolute Gasteiger partial charge is 0.494 e. The molecule has 1 aliphatic heterocycles.